The lowest BCUT2D eigenvalue weighted by atomic mass is 9.95. The highest BCUT2D eigenvalue weighted by molar-refractivity contribution is 5.79. The van der Waals surface area contributed by atoms with Gasteiger partial charge in [0.15, 0.2) is 0 Å². The summed E-state index contributed by atoms with van der Waals surface area (Å²) in [7, 11) is 0. The molecule has 6 nitrogen and oxygen atoms in total. The summed E-state index contributed by atoms with van der Waals surface area (Å²) >= 11 is 0. The van der Waals surface area contributed by atoms with E-state index in [2.05, 4.69) is 0 Å². The first-order valence-electron chi connectivity index (χ1n) is 11.0. The molecule has 2 amide bonds. The van der Waals surface area contributed by atoms with Crippen molar-refractivity contribution in [2.24, 2.45) is 11.8 Å². The Morgan fingerprint density at radius 3 is 2.67 bits per heavy atom. The van der Waals surface area contributed by atoms with Crippen LogP contribution >= 0.6 is 0 Å². The first-order valence-corrected chi connectivity index (χ1v) is 11.0. The maximum Gasteiger partial charge on any atom is 0.409 e. The molecule has 1 aromatic carbocycles. The molecule has 1 aromatic rings. The van der Waals surface area contributed by atoms with Gasteiger partial charge in [0, 0.05) is 38.7 Å². The highest BCUT2D eigenvalue weighted by atomic mass is 19.1. The molecule has 0 spiro atoms. The smallest absolute Gasteiger partial charge is 0.409 e. The lowest BCUT2D eigenvalue weighted by Gasteiger charge is -2.34. The second kappa shape index (κ2) is 10.8. The number of ether oxygens (including phenoxy) is 2. The zero-order valence-electron chi connectivity index (χ0n) is 18.0. The molecular formula is C23H33FN2O4. The van der Waals surface area contributed by atoms with E-state index in [1.807, 2.05) is 24.8 Å². The molecule has 1 unspecified atom stereocenters. The van der Waals surface area contributed by atoms with Crippen molar-refractivity contribution in [3.8, 4) is 0 Å². The Balaban J connectivity index is 1.59. The Kier molecular flexibility index (Phi) is 8.08. The van der Waals surface area contributed by atoms with Crippen LogP contribution in [0.1, 0.15) is 45.1 Å². The van der Waals surface area contributed by atoms with E-state index in [-0.39, 0.29) is 29.8 Å². The first-order chi connectivity index (χ1) is 14.4. The molecule has 2 saturated heterocycles. The molecule has 0 aliphatic carbocycles. The second-order valence-electron chi connectivity index (χ2n) is 8.72. The number of rotatable bonds is 7. The van der Waals surface area contributed by atoms with Crippen LogP contribution in [-0.2, 0) is 20.8 Å². The fourth-order valence-corrected chi connectivity index (χ4v) is 4.02. The molecule has 0 saturated carbocycles. The van der Waals surface area contributed by atoms with E-state index >= 15 is 0 Å². The summed E-state index contributed by atoms with van der Waals surface area (Å²) in [6, 6.07) is 6.39. The van der Waals surface area contributed by atoms with Gasteiger partial charge < -0.3 is 19.3 Å². The number of hydrogen-bond acceptors (Lipinski definition) is 4. The molecule has 7 heteroatoms. The van der Waals surface area contributed by atoms with Crippen LogP contribution in [0.25, 0.3) is 0 Å². The normalized spacial score (nSPS) is 19.9. The van der Waals surface area contributed by atoms with Gasteiger partial charge in [-0.25, -0.2) is 9.18 Å². The average molecular weight is 421 g/mol. The van der Waals surface area contributed by atoms with Gasteiger partial charge in [-0.1, -0.05) is 26.0 Å². The molecule has 2 heterocycles. The van der Waals surface area contributed by atoms with Gasteiger partial charge in [-0.3, -0.25) is 4.79 Å². The van der Waals surface area contributed by atoms with E-state index in [1.165, 1.54) is 12.1 Å². The third-order valence-electron chi connectivity index (χ3n) is 5.66. The highest BCUT2D eigenvalue weighted by Gasteiger charge is 2.32. The van der Waals surface area contributed by atoms with E-state index < -0.39 is 0 Å². The molecule has 0 N–H and O–H groups in total. The first kappa shape index (κ1) is 22.5. The predicted octanol–water partition coefficient (Wildman–Crippen LogP) is 3.84. The van der Waals surface area contributed by atoms with Gasteiger partial charge in [-0.15, -0.1) is 0 Å². The van der Waals surface area contributed by atoms with Crippen molar-refractivity contribution in [2.45, 2.75) is 52.2 Å². The molecule has 2 aliphatic rings. The van der Waals surface area contributed by atoms with Gasteiger partial charge in [-0.05, 0) is 49.3 Å². The number of amides is 2. The number of nitrogens with zero attached hydrogens (tertiary/aromatic N) is 2. The van der Waals surface area contributed by atoms with E-state index in [0.717, 1.165) is 25.0 Å². The topological polar surface area (TPSA) is 59.1 Å². The number of halogens is 1. The number of benzene rings is 1. The summed E-state index contributed by atoms with van der Waals surface area (Å²) in [6.45, 7) is 7.05. The quantitative estimate of drug-likeness (QED) is 0.673. The largest absolute Gasteiger partial charge is 0.449 e. The van der Waals surface area contributed by atoms with Crippen LogP contribution < -0.4 is 0 Å². The second-order valence-corrected chi connectivity index (χ2v) is 8.72. The van der Waals surface area contributed by atoms with Crippen molar-refractivity contribution in [3.05, 3.63) is 35.6 Å². The number of hydrogen-bond donors (Lipinski definition) is 0. The van der Waals surface area contributed by atoms with Crippen molar-refractivity contribution < 1.29 is 23.5 Å². The SMILES string of the molecule is CC(C)COC(=O)N1CCC(C(=O)N(Cc2cccc(F)c2)CC2CCCO2)CC1. The molecule has 0 aromatic heterocycles. The molecular weight excluding hydrogens is 387 g/mol. The molecule has 0 bridgehead atoms. The third kappa shape index (κ3) is 6.42. The van der Waals surface area contributed by atoms with Gasteiger partial charge in [0.25, 0.3) is 0 Å². The molecule has 0 radical (unpaired) electrons. The maximum absolute atomic E-state index is 13.6. The summed E-state index contributed by atoms with van der Waals surface area (Å²) < 4.78 is 24.7. The van der Waals surface area contributed by atoms with Crippen LogP contribution in [0.5, 0.6) is 0 Å². The number of carbonyl (C=O) groups excluding carboxylic acids is 2. The van der Waals surface area contributed by atoms with Crippen LogP contribution in [0.3, 0.4) is 0 Å². The van der Waals surface area contributed by atoms with Crippen molar-refractivity contribution in [2.75, 3.05) is 32.8 Å². The molecule has 2 aliphatic heterocycles. The summed E-state index contributed by atoms with van der Waals surface area (Å²) in [4.78, 5) is 29.0. The predicted molar refractivity (Wildman–Crippen MR) is 111 cm³/mol. The van der Waals surface area contributed by atoms with Gasteiger partial charge in [-0.2, -0.15) is 0 Å². The van der Waals surface area contributed by atoms with E-state index in [1.54, 1.807) is 11.0 Å². The van der Waals surface area contributed by atoms with Crippen LogP contribution in [0.4, 0.5) is 9.18 Å². The maximum atomic E-state index is 13.6. The number of piperidine rings is 1. The third-order valence-corrected chi connectivity index (χ3v) is 5.66. The van der Waals surface area contributed by atoms with Crippen molar-refractivity contribution in [1.29, 1.82) is 0 Å². The van der Waals surface area contributed by atoms with Gasteiger partial charge in [0.2, 0.25) is 5.91 Å². The number of carbonyl (C=O) groups is 2. The Labute approximate surface area is 178 Å². The van der Waals surface area contributed by atoms with Crippen LogP contribution in [-0.4, -0.2) is 60.8 Å². The van der Waals surface area contributed by atoms with Gasteiger partial charge >= 0.3 is 6.09 Å². The molecule has 2 fully saturated rings. The summed E-state index contributed by atoms with van der Waals surface area (Å²) in [5, 5.41) is 0. The zero-order valence-corrected chi connectivity index (χ0v) is 18.0. The van der Waals surface area contributed by atoms with Gasteiger partial charge in [0.05, 0.1) is 12.7 Å². The fraction of sp³-hybridized carbons (Fsp3) is 0.652. The van der Waals surface area contributed by atoms with Crippen LogP contribution in [0.15, 0.2) is 24.3 Å². The monoisotopic (exact) mass is 420 g/mol. The molecule has 1 atom stereocenters. The van der Waals surface area contributed by atoms with Crippen LogP contribution in [0.2, 0.25) is 0 Å². The standard InChI is InChI=1S/C23H33FN2O4/c1-17(2)16-30-23(28)25-10-8-19(9-11-25)22(27)26(15-21-7-4-12-29-21)14-18-5-3-6-20(24)13-18/h3,5-6,13,17,19,21H,4,7-12,14-16H2,1-2H3. The van der Waals surface area contributed by atoms with Crippen molar-refractivity contribution in [3.63, 3.8) is 0 Å². The highest BCUT2D eigenvalue weighted by Crippen LogP contribution is 2.23. The van der Waals surface area contributed by atoms with Crippen molar-refractivity contribution >= 4 is 12.0 Å². The van der Waals surface area contributed by atoms with E-state index in [0.29, 0.717) is 51.5 Å². The average Bonchev–Trinajstić information content (AvgIpc) is 3.24. The summed E-state index contributed by atoms with van der Waals surface area (Å²) in [5.41, 5.74) is 0.774. The Hall–Kier alpha value is -2.15. The Morgan fingerprint density at radius 1 is 1.27 bits per heavy atom. The minimum Gasteiger partial charge on any atom is -0.449 e. The minimum absolute atomic E-state index is 0.0357. The molecule has 30 heavy (non-hydrogen) atoms. The molecule has 3 rings (SSSR count). The minimum atomic E-state index is -0.301. The van der Waals surface area contributed by atoms with Crippen LogP contribution in [0, 0.1) is 17.7 Å². The molecule has 166 valence electrons. The fourth-order valence-electron chi connectivity index (χ4n) is 4.02. The lowest BCUT2D eigenvalue weighted by Crippen LogP contribution is -2.46. The Bertz CT molecular complexity index is 713. The van der Waals surface area contributed by atoms with E-state index in [4.69, 9.17) is 9.47 Å². The summed E-state index contributed by atoms with van der Waals surface area (Å²) in [5.74, 6) is -0.0911. The van der Waals surface area contributed by atoms with E-state index in [9.17, 15) is 14.0 Å². The zero-order chi connectivity index (χ0) is 21.5. The van der Waals surface area contributed by atoms with Crippen molar-refractivity contribution in [1.82, 2.24) is 9.80 Å². The summed E-state index contributed by atoms with van der Waals surface area (Å²) in [6.07, 6.45) is 2.90. The Morgan fingerprint density at radius 2 is 2.03 bits per heavy atom. The van der Waals surface area contributed by atoms with Gasteiger partial charge in [0.1, 0.15) is 5.82 Å². The lowest BCUT2D eigenvalue weighted by molar-refractivity contribution is -0.139. The number of likely N-dealkylation sites (tertiary alicyclic amines) is 1.